The molecule has 0 unspecified atom stereocenters. The Morgan fingerprint density at radius 3 is 2.93 bits per heavy atom. The van der Waals surface area contributed by atoms with Gasteiger partial charge in [-0.15, -0.1) is 0 Å². The predicted molar refractivity (Wildman–Crippen MR) is 56.5 cm³/mol. The number of nitrogens with one attached hydrogen (secondary N) is 1. The van der Waals surface area contributed by atoms with Crippen LogP contribution in [0.4, 0.5) is 0 Å². The van der Waals surface area contributed by atoms with Crippen LogP contribution in [0.5, 0.6) is 0 Å². The predicted octanol–water partition coefficient (Wildman–Crippen LogP) is 1.09. The van der Waals surface area contributed by atoms with E-state index >= 15 is 0 Å². The third kappa shape index (κ3) is 1.58. The van der Waals surface area contributed by atoms with E-state index in [2.05, 4.69) is 22.4 Å². The molecule has 0 atom stereocenters. The molecule has 0 amide bonds. The molecule has 3 rings (SSSR count). The average molecular weight is 207 g/mol. The van der Waals surface area contributed by atoms with Gasteiger partial charge in [0.2, 0.25) is 0 Å². The van der Waals surface area contributed by atoms with Crippen molar-refractivity contribution in [2.75, 3.05) is 20.1 Å². The van der Waals surface area contributed by atoms with Gasteiger partial charge in [-0.25, -0.2) is 0 Å². The lowest BCUT2D eigenvalue weighted by molar-refractivity contribution is 0.229. The lowest BCUT2D eigenvalue weighted by atomic mass is 9.92. The first-order valence-corrected chi connectivity index (χ1v) is 5.71. The van der Waals surface area contributed by atoms with Crippen LogP contribution >= 0.6 is 0 Å². The Morgan fingerprint density at radius 2 is 2.13 bits per heavy atom. The van der Waals surface area contributed by atoms with Crippen LogP contribution in [-0.4, -0.2) is 30.2 Å². The summed E-state index contributed by atoms with van der Waals surface area (Å²) in [5.74, 6) is 1.75. The van der Waals surface area contributed by atoms with Crippen LogP contribution in [0.2, 0.25) is 0 Å². The zero-order valence-electron chi connectivity index (χ0n) is 9.12. The average Bonchev–Trinajstić information content (AvgIpc) is 2.80. The molecule has 2 aliphatic heterocycles. The number of hydrogen-bond acceptors (Lipinski definition) is 4. The largest absolute Gasteiger partial charge is 0.360 e. The monoisotopic (exact) mass is 207 g/mol. The fraction of sp³-hybridized carbons (Fsp3) is 0.727. The normalized spacial score (nSPS) is 23.3. The van der Waals surface area contributed by atoms with Gasteiger partial charge < -0.3 is 14.7 Å². The number of nitrogens with zero attached hydrogens (tertiary/aromatic N) is 2. The van der Waals surface area contributed by atoms with Crippen molar-refractivity contribution >= 4 is 0 Å². The topological polar surface area (TPSA) is 41.3 Å². The second kappa shape index (κ2) is 3.61. The van der Waals surface area contributed by atoms with E-state index in [9.17, 15) is 0 Å². The summed E-state index contributed by atoms with van der Waals surface area (Å²) in [6.45, 7) is 4.17. The molecule has 1 N–H and O–H groups in total. The lowest BCUT2D eigenvalue weighted by Crippen LogP contribution is -2.29. The zero-order chi connectivity index (χ0) is 10.3. The first-order valence-electron chi connectivity index (χ1n) is 5.71. The summed E-state index contributed by atoms with van der Waals surface area (Å²) in [7, 11) is 2.18. The van der Waals surface area contributed by atoms with Crippen molar-refractivity contribution < 1.29 is 4.52 Å². The summed E-state index contributed by atoms with van der Waals surface area (Å²) < 4.78 is 5.50. The SMILES string of the molecule is CN1CCC(c2onc3c2CNC3)CC1. The molecule has 15 heavy (non-hydrogen) atoms. The van der Waals surface area contributed by atoms with Crippen LogP contribution in [0, 0.1) is 0 Å². The van der Waals surface area contributed by atoms with Gasteiger partial charge in [0.25, 0.3) is 0 Å². The minimum Gasteiger partial charge on any atom is -0.360 e. The molecule has 1 saturated heterocycles. The van der Waals surface area contributed by atoms with E-state index in [0.29, 0.717) is 5.92 Å². The van der Waals surface area contributed by atoms with Gasteiger partial charge in [0.1, 0.15) is 11.5 Å². The Balaban J connectivity index is 1.81. The van der Waals surface area contributed by atoms with Crippen molar-refractivity contribution in [1.82, 2.24) is 15.4 Å². The summed E-state index contributed by atoms with van der Waals surface area (Å²) in [5, 5.41) is 7.46. The maximum absolute atomic E-state index is 5.50. The molecule has 0 radical (unpaired) electrons. The second-order valence-corrected chi connectivity index (χ2v) is 4.65. The molecule has 1 aromatic heterocycles. The number of aromatic nitrogens is 1. The van der Waals surface area contributed by atoms with Crippen LogP contribution in [0.3, 0.4) is 0 Å². The van der Waals surface area contributed by atoms with Gasteiger partial charge in [0.05, 0.1) is 0 Å². The smallest absolute Gasteiger partial charge is 0.144 e. The minimum atomic E-state index is 0.595. The van der Waals surface area contributed by atoms with Crippen molar-refractivity contribution in [3.05, 3.63) is 17.0 Å². The quantitative estimate of drug-likeness (QED) is 0.748. The first-order chi connectivity index (χ1) is 7.34. The maximum Gasteiger partial charge on any atom is 0.144 e. The highest BCUT2D eigenvalue weighted by Crippen LogP contribution is 2.32. The second-order valence-electron chi connectivity index (χ2n) is 4.65. The third-order valence-corrected chi connectivity index (χ3v) is 3.58. The molecular weight excluding hydrogens is 190 g/mol. The number of piperidine rings is 1. The highest BCUT2D eigenvalue weighted by Gasteiger charge is 2.28. The molecule has 0 saturated carbocycles. The molecule has 0 aliphatic carbocycles. The molecule has 82 valence electrons. The summed E-state index contributed by atoms with van der Waals surface area (Å²) in [4.78, 5) is 2.38. The van der Waals surface area contributed by atoms with Gasteiger partial charge in [0, 0.05) is 24.6 Å². The molecule has 4 nitrogen and oxygen atoms in total. The third-order valence-electron chi connectivity index (χ3n) is 3.58. The minimum absolute atomic E-state index is 0.595. The molecule has 0 bridgehead atoms. The van der Waals surface area contributed by atoms with Gasteiger partial charge in [-0.05, 0) is 33.0 Å². The lowest BCUT2D eigenvalue weighted by Gasteiger charge is -2.27. The molecule has 4 heteroatoms. The number of fused-ring (bicyclic) bond motifs is 1. The fourth-order valence-corrected chi connectivity index (χ4v) is 2.58. The van der Waals surface area contributed by atoms with Crippen LogP contribution in [0.1, 0.15) is 35.8 Å². The molecule has 1 fully saturated rings. The molecule has 0 spiro atoms. The summed E-state index contributed by atoms with van der Waals surface area (Å²) >= 11 is 0. The van der Waals surface area contributed by atoms with E-state index in [1.807, 2.05) is 0 Å². The van der Waals surface area contributed by atoms with Crippen LogP contribution in [0.15, 0.2) is 4.52 Å². The van der Waals surface area contributed by atoms with E-state index in [0.717, 1.165) is 24.5 Å². The number of rotatable bonds is 1. The first kappa shape index (κ1) is 9.36. The van der Waals surface area contributed by atoms with E-state index in [1.165, 1.54) is 31.5 Å². The standard InChI is InChI=1S/C11H17N3O/c1-14-4-2-8(3-5-14)11-9-6-12-7-10(9)13-15-11/h8,12H,2-7H2,1H3. The maximum atomic E-state index is 5.50. The highest BCUT2D eigenvalue weighted by molar-refractivity contribution is 5.29. The van der Waals surface area contributed by atoms with Crippen molar-refractivity contribution in [2.45, 2.75) is 31.8 Å². The summed E-state index contributed by atoms with van der Waals surface area (Å²) in [5.41, 5.74) is 2.47. The van der Waals surface area contributed by atoms with Gasteiger partial charge in [-0.2, -0.15) is 0 Å². The molecule has 2 aliphatic rings. The van der Waals surface area contributed by atoms with Crippen LogP contribution < -0.4 is 5.32 Å². The summed E-state index contributed by atoms with van der Waals surface area (Å²) in [6, 6.07) is 0. The van der Waals surface area contributed by atoms with Gasteiger partial charge >= 0.3 is 0 Å². The van der Waals surface area contributed by atoms with Crippen molar-refractivity contribution in [3.63, 3.8) is 0 Å². The Bertz CT molecular complexity index is 353. The van der Waals surface area contributed by atoms with E-state index in [4.69, 9.17) is 4.52 Å². The Morgan fingerprint density at radius 1 is 1.33 bits per heavy atom. The van der Waals surface area contributed by atoms with Crippen molar-refractivity contribution in [2.24, 2.45) is 0 Å². The van der Waals surface area contributed by atoms with E-state index in [-0.39, 0.29) is 0 Å². The Kier molecular flexibility index (Phi) is 2.25. The molecule has 1 aromatic rings. The molecule has 3 heterocycles. The van der Waals surface area contributed by atoms with Crippen LogP contribution in [0.25, 0.3) is 0 Å². The number of likely N-dealkylation sites (tertiary alicyclic amines) is 1. The highest BCUT2D eigenvalue weighted by atomic mass is 16.5. The molecular formula is C11H17N3O. The van der Waals surface area contributed by atoms with E-state index in [1.54, 1.807) is 0 Å². The van der Waals surface area contributed by atoms with Crippen LogP contribution in [-0.2, 0) is 13.1 Å². The number of hydrogen-bond donors (Lipinski definition) is 1. The molecule has 0 aromatic carbocycles. The zero-order valence-corrected chi connectivity index (χ0v) is 9.12. The van der Waals surface area contributed by atoms with E-state index < -0.39 is 0 Å². The fourth-order valence-electron chi connectivity index (χ4n) is 2.58. The summed E-state index contributed by atoms with van der Waals surface area (Å²) in [6.07, 6.45) is 2.41. The van der Waals surface area contributed by atoms with Gasteiger partial charge in [-0.1, -0.05) is 5.16 Å². The van der Waals surface area contributed by atoms with Crippen molar-refractivity contribution in [1.29, 1.82) is 0 Å². The van der Waals surface area contributed by atoms with Gasteiger partial charge in [0.15, 0.2) is 0 Å². The van der Waals surface area contributed by atoms with Crippen molar-refractivity contribution in [3.8, 4) is 0 Å². The Hall–Kier alpha value is -0.870. The Labute approximate surface area is 89.6 Å². The van der Waals surface area contributed by atoms with Gasteiger partial charge in [-0.3, -0.25) is 0 Å².